The Kier molecular flexibility index (Phi) is 3.67. The van der Waals surface area contributed by atoms with E-state index in [1.54, 1.807) is 0 Å². The Morgan fingerprint density at radius 3 is 3.00 bits per heavy atom. The van der Waals surface area contributed by atoms with Gasteiger partial charge in [0.25, 0.3) is 0 Å². The summed E-state index contributed by atoms with van der Waals surface area (Å²) in [5.74, 6) is 0.999. The molecule has 1 unspecified atom stereocenters. The molecule has 1 N–H and O–H groups in total. The molecule has 0 amide bonds. The topological polar surface area (TPSA) is 24.5 Å². The van der Waals surface area contributed by atoms with Crippen molar-refractivity contribution in [2.45, 2.75) is 19.9 Å². The normalized spacial score (nSPS) is 20.9. The van der Waals surface area contributed by atoms with Gasteiger partial charge in [-0.15, -0.1) is 0 Å². The number of piperazine rings is 1. The Morgan fingerprint density at radius 1 is 1.44 bits per heavy atom. The van der Waals surface area contributed by atoms with Gasteiger partial charge in [0.2, 0.25) is 0 Å². The molecular formula is C13H20N2O. The van der Waals surface area contributed by atoms with Crippen LogP contribution in [0.25, 0.3) is 0 Å². The SMILES string of the molecule is CCOc1ccccc1N1CCNCC1C. The van der Waals surface area contributed by atoms with Crippen LogP contribution in [0.15, 0.2) is 24.3 Å². The van der Waals surface area contributed by atoms with Crippen LogP contribution in [0.5, 0.6) is 5.75 Å². The first kappa shape index (κ1) is 11.3. The summed E-state index contributed by atoms with van der Waals surface area (Å²) in [7, 11) is 0. The molecule has 0 radical (unpaired) electrons. The number of rotatable bonds is 3. The smallest absolute Gasteiger partial charge is 0.142 e. The Bertz CT molecular complexity index is 340. The summed E-state index contributed by atoms with van der Waals surface area (Å²) in [6.07, 6.45) is 0. The molecule has 1 aromatic rings. The number of hydrogen-bond donors (Lipinski definition) is 1. The van der Waals surface area contributed by atoms with Crippen molar-refractivity contribution in [2.24, 2.45) is 0 Å². The average Bonchev–Trinajstić information content (AvgIpc) is 2.31. The summed E-state index contributed by atoms with van der Waals surface area (Å²) in [6.45, 7) is 8.13. The maximum atomic E-state index is 5.68. The zero-order valence-electron chi connectivity index (χ0n) is 10.1. The number of nitrogens with zero attached hydrogens (tertiary/aromatic N) is 1. The summed E-state index contributed by atoms with van der Waals surface area (Å²) >= 11 is 0. The van der Waals surface area contributed by atoms with Gasteiger partial charge in [0, 0.05) is 25.7 Å². The van der Waals surface area contributed by atoms with Crippen LogP contribution in [0.4, 0.5) is 5.69 Å². The monoisotopic (exact) mass is 220 g/mol. The van der Waals surface area contributed by atoms with Gasteiger partial charge in [-0.2, -0.15) is 0 Å². The van der Waals surface area contributed by atoms with Crippen molar-refractivity contribution in [3.8, 4) is 5.75 Å². The molecule has 1 saturated heterocycles. The third-order valence-corrected chi connectivity index (χ3v) is 2.98. The van der Waals surface area contributed by atoms with E-state index in [0.29, 0.717) is 6.04 Å². The lowest BCUT2D eigenvalue weighted by Gasteiger charge is -2.36. The fourth-order valence-electron chi connectivity index (χ4n) is 2.17. The van der Waals surface area contributed by atoms with E-state index in [0.717, 1.165) is 32.0 Å². The third kappa shape index (κ3) is 2.30. The standard InChI is InChI=1S/C13H20N2O/c1-3-16-13-7-5-4-6-12(13)15-9-8-14-10-11(15)2/h4-7,11,14H,3,8-10H2,1-2H3. The van der Waals surface area contributed by atoms with Gasteiger partial charge in [0.15, 0.2) is 0 Å². The van der Waals surface area contributed by atoms with Crippen LogP contribution in [0, 0.1) is 0 Å². The maximum Gasteiger partial charge on any atom is 0.142 e. The van der Waals surface area contributed by atoms with E-state index in [1.807, 2.05) is 19.1 Å². The molecule has 1 aliphatic heterocycles. The van der Waals surface area contributed by atoms with Crippen molar-refractivity contribution >= 4 is 5.69 Å². The molecule has 16 heavy (non-hydrogen) atoms. The summed E-state index contributed by atoms with van der Waals surface area (Å²) in [5, 5.41) is 3.40. The second kappa shape index (κ2) is 5.21. The fraction of sp³-hybridized carbons (Fsp3) is 0.538. The minimum Gasteiger partial charge on any atom is -0.492 e. The van der Waals surface area contributed by atoms with Crippen molar-refractivity contribution in [3.05, 3.63) is 24.3 Å². The highest BCUT2D eigenvalue weighted by atomic mass is 16.5. The van der Waals surface area contributed by atoms with E-state index in [2.05, 4.69) is 29.3 Å². The summed E-state index contributed by atoms with van der Waals surface area (Å²) < 4.78 is 5.68. The predicted octanol–water partition coefficient (Wildman–Crippen LogP) is 1.88. The minimum absolute atomic E-state index is 0.523. The zero-order valence-corrected chi connectivity index (χ0v) is 10.1. The van der Waals surface area contributed by atoms with E-state index < -0.39 is 0 Å². The fourth-order valence-corrected chi connectivity index (χ4v) is 2.17. The molecule has 88 valence electrons. The van der Waals surface area contributed by atoms with Crippen LogP contribution in [-0.2, 0) is 0 Å². The Labute approximate surface area is 97.4 Å². The van der Waals surface area contributed by atoms with Crippen LogP contribution in [0.2, 0.25) is 0 Å². The molecule has 0 bridgehead atoms. The quantitative estimate of drug-likeness (QED) is 0.842. The maximum absolute atomic E-state index is 5.68. The number of hydrogen-bond acceptors (Lipinski definition) is 3. The van der Waals surface area contributed by atoms with Crippen LogP contribution in [0.3, 0.4) is 0 Å². The highest BCUT2D eigenvalue weighted by Gasteiger charge is 2.20. The van der Waals surface area contributed by atoms with Crippen LogP contribution >= 0.6 is 0 Å². The summed E-state index contributed by atoms with van der Waals surface area (Å²) in [5.41, 5.74) is 1.22. The van der Waals surface area contributed by atoms with Crippen LogP contribution in [-0.4, -0.2) is 32.3 Å². The second-order valence-corrected chi connectivity index (χ2v) is 4.15. The Morgan fingerprint density at radius 2 is 2.25 bits per heavy atom. The molecule has 0 aromatic heterocycles. The van der Waals surface area contributed by atoms with Gasteiger partial charge in [-0.1, -0.05) is 12.1 Å². The molecule has 1 aliphatic rings. The molecule has 0 aliphatic carbocycles. The highest BCUT2D eigenvalue weighted by molar-refractivity contribution is 5.59. The molecule has 2 rings (SSSR count). The van der Waals surface area contributed by atoms with Crippen molar-refractivity contribution in [3.63, 3.8) is 0 Å². The molecule has 1 atom stereocenters. The number of nitrogens with one attached hydrogen (secondary N) is 1. The van der Waals surface area contributed by atoms with Gasteiger partial charge in [-0.25, -0.2) is 0 Å². The lowest BCUT2D eigenvalue weighted by molar-refractivity contribution is 0.338. The highest BCUT2D eigenvalue weighted by Crippen LogP contribution is 2.29. The van der Waals surface area contributed by atoms with Gasteiger partial charge >= 0.3 is 0 Å². The van der Waals surface area contributed by atoms with Gasteiger partial charge in [-0.3, -0.25) is 0 Å². The van der Waals surface area contributed by atoms with Crippen LogP contribution in [0.1, 0.15) is 13.8 Å². The average molecular weight is 220 g/mol. The Hall–Kier alpha value is -1.22. The largest absolute Gasteiger partial charge is 0.492 e. The molecule has 3 nitrogen and oxygen atoms in total. The number of para-hydroxylation sites is 2. The second-order valence-electron chi connectivity index (χ2n) is 4.15. The first-order valence-electron chi connectivity index (χ1n) is 6.02. The first-order chi connectivity index (χ1) is 7.83. The summed E-state index contributed by atoms with van der Waals surface area (Å²) in [4.78, 5) is 2.42. The molecule has 1 fully saturated rings. The van der Waals surface area contributed by atoms with Crippen molar-refractivity contribution in [2.75, 3.05) is 31.1 Å². The zero-order chi connectivity index (χ0) is 11.4. The molecule has 0 saturated carbocycles. The van der Waals surface area contributed by atoms with E-state index in [1.165, 1.54) is 5.69 Å². The van der Waals surface area contributed by atoms with Crippen molar-refractivity contribution in [1.29, 1.82) is 0 Å². The lowest BCUT2D eigenvalue weighted by Crippen LogP contribution is -2.50. The van der Waals surface area contributed by atoms with E-state index >= 15 is 0 Å². The lowest BCUT2D eigenvalue weighted by atomic mass is 10.1. The predicted molar refractivity (Wildman–Crippen MR) is 67.3 cm³/mol. The van der Waals surface area contributed by atoms with Crippen molar-refractivity contribution in [1.82, 2.24) is 5.32 Å². The minimum atomic E-state index is 0.523. The molecule has 1 aromatic carbocycles. The van der Waals surface area contributed by atoms with E-state index in [9.17, 15) is 0 Å². The molecule has 3 heteroatoms. The third-order valence-electron chi connectivity index (χ3n) is 2.98. The van der Waals surface area contributed by atoms with E-state index in [-0.39, 0.29) is 0 Å². The van der Waals surface area contributed by atoms with Gasteiger partial charge in [-0.05, 0) is 26.0 Å². The Balaban J connectivity index is 2.23. The molecule has 1 heterocycles. The van der Waals surface area contributed by atoms with Crippen molar-refractivity contribution < 1.29 is 4.74 Å². The number of ether oxygens (including phenoxy) is 1. The number of benzene rings is 1. The van der Waals surface area contributed by atoms with Crippen LogP contribution < -0.4 is 15.0 Å². The molecule has 0 spiro atoms. The van der Waals surface area contributed by atoms with Gasteiger partial charge in [0.05, 0.1) is 12.3 Å². The summed E-state index contributed by atoms with van der Waals surface area (Å²) in [6, 6.07) is 8.82. The van der Waals surface area contributed by atoms with E-state index in [4.69, 9.17) is 4.74 Å². The molecular weight excluding hydrogens is 200 g/mol. The van der Waals surface area contributed by atoms with Gasteiger partial charge < -0.3 is 15.0 Å². The van der Waals surface area contributed by atoms with Gasteiger partial charge in [0.1, 0.15) is 5.75 Å². The number of anilines is 1. The first-order valence-corrected chi connectivity index (χ1v) is 6.02.